The lowest BCUT2D eigenvalue weighted by Crippen LogP contribution is -2.54. The van der Waals surface area contributed by atoms with Crippen molar-refractivity contribution in [2.75, 3.05) is 32.7 Å². The highest BCUT2D eigenvalue weighted by molar-refractivity contribution is 5.84. The summed E-state index contributed by atoms with van der Waals surface area (Å²) in [5.41, 5.74) is 0. The molecule has 6 nitrogen and oxygen atoms in total. The number of piperazine rings is 1. The predicted octanol–water partition coefficient (Wildman–Crippen LogP) is -0.161. The lowest BCUT2D eigenvalue weighted by Gasteiger charge is -2.37. The van der Waals surface area contributed by atoms with E-state index in [4.69, 9.17) is 0 Å². The lowest BCUT2D eigenvalue weighted by atomic mass is 9.97. The average Bonchev–Trinajstić information content (AvgIpc) is 2.46. The molecular formula is C14H23N3O3. The number of nitrogens with one attached hydrogen (secondary N) is 1. The second-order valence-electron chi connectivity index (χ2n) is 5.84. The summed E-state index contributed by atoms with van der Waals surface area (Å²) in [5.74, 6) is 0.205. The Morgan fingerprint density at radius 2 is 1.75 bits per heavy atom. The number of hydrogen-bond acceptors (Lipinski definition) is 3. The van der Waals surface area contributed by atoms with E-state index in [0.29, 0.717) is 45.6 Å². The molecule has 1 unspecified atom stereocenters. The molecule has 2 heterocycles. The van der Waals surface area contributed by atoms with Gasteiger partial charge >= 0.3 is 0 Å². The molecule has 0 spiro atoms. The highest BCUT2D eigenvalue weighted by Gasteiger charge is 2.31. The molecule has 0 radical (unpaired) electrons. The quantitative estimate of drug-likeness (QED) is 0.764. The third kappa shape index (κ3) is 3.29. The van der Waals surface area contributed by atoms with Crippen LogP contribution in [0.4, 0.5) is 0 Å². The first-order chi connectivity index (χ1) is 9.49. The van der Waals surface area contributed by atoms with Gasteiger partial charge in [-0.05, 0) is 6.42 Å². The summed E-state index contributed by atoms with van der Waals surface area (Å²) in [6, 6.07) is 0. The number of piperidine rings is 1. The van der Waals surface area contributed by atoms with Gasteiger partial charge < -0.3 is 15.1 Å². The van der Waals surface area contributed by atoms with Crippen LogP contribution in [0.25, 0.3) is 0 Å². The Morgan fingerprint density at radius 1 is 1.15 bits per heavy atom. The van der Waals surface area contributed by atoms with Crippen molar-refractivity contribution in [1.82, 2.24) is 15.1 Å². The Balaban J connectivity index is 1.83. The SMILES string of the molecule is CC(C)C(=O)N1CCN(C(=O)C2CCC(=O)NC2)CC1. The monoisotopic (exact) mass is 281 g/mol. The molecule has 3 amide bonds. The average molecular weight is 281 g/mol. The molecule has 0 aromatic heterocycles. The Bertz CT molecular complexity index is 390. The van der Waals surface area contributed by atoms with Crippen LogP contribution >= 0.6 is 0 Å². The van der Waals surface area contributed by atoms with Crippen molar-refractivity contribution in [3.05, 3.63) is 0 Å². The van der Waals surface area contributed by atoms with Crippen LogP contribution in [0, 0.1) is 11.8 Å². The first kappa shape index (κ1) is 14.8. The van der Waals surface area contributed by atoms with E-state index >= 15 is 0 Å². The molecule has 20 heavy (non-hydrogen) atoms. The molecule has 6 heteroatoms. The van der Waals surface area contributed by atoms with Crippen molar-refractivity contribution in [2.45, 2.75) is 26.7 Å². The van der Waals surface area contributed by atoms with Gasteiger partial charge in [-0.3, -0.25) is 14.4 Å². The van der Waals surface area contributed by atoms with E-state index in [2.05, 4.69) is 5.32 Å². The number of carbonyl (C=O) groups excluding carboxylic acids is 3. The van der Waals surface area contributed by atoms with Crippen LogP contribution in [-0.4, -0.2) is 60.2 Å². The fourth-order valence-electron chi connectivity index (χ4n) is 2.71. The van der Waals surface area contributed by atoms with Gasteiger partial charge in [-0.15, -0.1) is 0 Å². The number of carbonyl (C=O) groups is 3. The molecule has 2 saturated heterocycles. The third-order valence-corrected chi connectivity index (χ3v) is 4.01. The van der Waals surface area contributed by atoms with Crippen molar-refractivity contribution in [1.29, 1.82) is 0 Å². The Kier molecular flexibility index (Phi) is 4.62. The highest BCUT2D eigenvalue weighted by Crippen LogP contribution is 2.16. The van der Waals surface area contributed by atoms with Gasteiger partial charge in [0.05, 0.1) is 5.92 Å². The molecule has 2 aliphatic rings. The molecule has 2 aliphatic heterocycles. The maximum atomic E-state index is 12.3. The van der Waals surface area contributed by atoms with Gasteiger partial charge in [-0.1, -0.05) is 13.8 Å². The fourth-order valence-corrected chi connectivity index (χ4v) is 2.71. The van der Waals surface area contributed by atoms with Crippen molar-refractivity contribution in [3.8, 4) is 0 Å². The summed E-state index contributed by atoms with van der Waals surface area (Å²) in [6.45, 7) is 6.66. The van der Waals surface area contributed by atoms with E-state index in [0.717, 1.165) is 0 Å². The molecule has 0 aromatic carbocycles. The Labute approximate surface area is 119 Å². The van der Waals surface area contributed by atoms with Crippen LogP contribution in [0.3, 0.4) is 0 Å². The van der Waals surface area contributed by atoms with Gasteiger partial charge in [0.15, 0.2) is 0 Å². The summed E-state index contributed by atoms with van der Waals surface area (Å²) < 4.78 is 0. The zero-order chi connectivity index (χ0) is 14.7. The number of rotatable bonds is 2. The summed E-state index contributed by atoms with van der Waals surface area (Å²) in [5, 5.41) is 2.74. The van der Waals surface area contributed by atoms with Crippen molar-refractivity contribution < 1.29 is 14.4 Å². The van der Waals surface area contributed by atoms with Crippen LogP contribution in [0.1, 0.15) is 26.7 Å². The van der Waals surface area contributed by atoms with Crippen LogP contribution in [0.15, 0.2) is 0 Å². The smallest absolute Gasteiger partial charge is 0.227 e. The minimum atomic E-state index is -0.0972. The molecule has 0 saturated carbocycles. The largest absolute Gasteiger partial charge is 0.355 e. The van der Waals surface area contributed by atoms with Gasteiger partial charge in [-0.25, -0.2) is 0 Å². The molecule has 1 atom stereocenters. The molecule has 0 aliphatic carbocycles. The normalized spacial score (nSPS) is 23.8. The van der Waals surface area contributed by atoms with Crippen molar-refractivity contribution in [2.24, 2.45) is 11.8 Å². The van der Waals surface area contributed by atoms with Gasteiger partial charge in [0.25, 0.3) is 0 Å². The van der Waals surface area contributed by atoms with E-state index in [1.807, 2.05) is 23.6 Å². The Morgan fingerprint density at radius 3 is 2.25 bits per heavy atom. The van der Waals surface area contributed by atoms with E-state index in [1.165, 1.54) is 0 Å². The summed E-state index contributed by atoms with van der Waals surface area (Å²) in [7, 11) is 0. The molecule has 2 rings (SSSR count). The molecule has 1 N–H and O–H groups in total. The number of nitrogens with zero attached hydrogens (tertiary/aromatic N) is 2. The first-order valence-electron chi connectivity index (χ1n) is 7.33. The topological polar surface area (TPSA) is 69.7 Å². The van der Waals surface area contributed by atoms with Gasteiger partial charge in [0.2, 0.25) is 17.7 Å². The summed E-state index contributed by atoms with van der Waals surface area (Å²) >= 11 is 0. The zero-order valence-corrected chi connectivity index (χ0v) is 12.2. The number of hydrogen-bond donors (Lipinski definition) is 1. The highest BCUT2D eigenvalue weighted by atomic mass is 16.2. The fraction of sp³-hybridized carbons (Fsp3) is 0.786. The molecule has 112 valence electrons. The standard InChI is InChI=1S/C14H23N3O3/c1-10(2)13(19)16-5-7-17(8-6-16)14(20)11-3-4-12(18)15-9-11/h10-11H,3-9H2,1-2H3,(H,15,18). The maximum Gasteiger partial charge on any atom is 0.227 e. The van der Waals surface area contributed by atoms with E-state index in [1.54, 1.807) is 0 Å². The second kappa shape index (κ2) is 6.24. The molecule has 2 fully saturated rings. The predicted molar refractivity (Wildman–Crippen MR) is 73.7 cm³/mol. The van der Waals surface area contributed by atoms with Crippen LogP contribution in [0.5, 0.6) is 0 Å². The number of amides is 3. The maximum absolute atomic E-state index is 12.3. The second-order valence-corrected chi connectivity index (χ2v) is 5.84. The summed E-state index contributed by atoms with van der Waals surface area (Å²) in [6.07, 6.45) is 1.07. The van der Waals surface area contributed by atoms with E-state index in [-0.39, 0.29) is 29.6 Å². The minimum Gasteiger partial charge on any atom is -0.355 e. The van der Waals surface area contributed by atoms with E-state index in [9.17, 15) is 14.4 Å². The van der Waals surface area contributed by atoms with Crippen molar-refractivity contribution >= 4 is 17.7 Å². The zero-order valence-electron chi connectivity index (χ0n) is 12.2. The minimum absolute atomic E-state index is 0.00538. The van der Waals surface area contributed by atoms with Gasteiger partial charge in [-0.2, -0.15) is 0 Å². The van der Waals surface area contributed by atoms with Gasteiger partial charge in [0.1, 0.15) is 0 Å². The molecule has 0 aromatic rings. The Hall–Kier alpha value is -1.59. The lowest BCUT2D eigenvalue weighted by molar-refractivity contribution is -0.144. The summed E-state index contributed by atoms with van der Waals surface area (Å²) in [4.78, 5) is 39.0. The first-order valence-corrected chi connectivity index (χ1v) is 7.33. The van der Waals surface area contributed by atoms with Crippen LogP contribution < -0.4 is 5.32 Å². The van der Waals surface area contributed by atoms with Gasteiger partial charge in [0, 0.05) is 45.1 Å². The van der Waals surface area contributed by atoms with Crippen LogP contribution in [0.2, 0.25) is 0 Å². The molecule has 0 bridgehead atoms. The van der Waals surface area contributed by atoms with Crippen LogP contribution in [-0.2, 0) is 14.4 Å². The third-order valence-electron chi connectivity index (χ3n) is 4.01. The van der Waals surface area contributed by atoms with Crippen molar-refractivity contribution in [3.63, 3.8) is 0 Å². The van der Waals surface area contributed by atoms with E-state index < -0.39 is 0 Å². The molecular weight excluding hydrogens is 258 g/mol.